The molecule has 2 saturated heterocycles. The quantitative estimate of drug-likeness (QED) is 0.373. The number of rotatable bonds is 7. The first-order chi connectivity index (χ1) is 10.3. The average molecular weight is 424 g/mol. The SMILES string of the molecule is CCNC(=NCC(C)CN1CCCC1)NCC1CCCO1.I. The first-order valence-electron chi connectivity index (χ1n) is 8.64. The summed E-state index contributed by atoms with van der Waals surface area (Å²) in [6, 6.07) is 0. The molecule has 2 rings (SSSR count). The van der Waals surface area contributed by atoms with Crippen LogP contribution < -0.4 is 10.6 Å². The molecule has 5 nitrogen and oxygen atoms in total. The van der Waals surface area contributed by atoms with Gasteiger partial charge in [0.15, 0.2) is 5.96 Å². The van der Waals surface area contributed by atoms with E-state index < -0.39 is 0 Å². The van der Waals surface area contributed by atoms with Crippen molar-refractivity contribution in [2.45, 2.75) is 45.6 Å². The van der Waals surface area contributed by atoms with Gasteiger partial charge in [-0.05, 0) is 51.6 Å². The van der Waals surface area contributed by atoms with E-state index in [0.29, 0.717) is 12.0 Å². The summed E-state index contributed by atoms with van der Waals surface area (Å²) in [5, 5.41) is 6.74. The highest BCUT2D eigenvalue weighted by molar-refractivity contribution is 14.0. The molecular weight excluding hydrogens is 391 g/mol. The van der Waals surface area contributed by atoms with Crippen LogP contribution in [0.15, 0.2) is 4.99 Å². The summed E-state index contributed by atoms with van der Waals surface area (Å²) >= 11 is 0. The van der Waals surface area contributed by atoms with E-state index >= 15 is 0 Å². The topological polar surface area (TPSA) is 48.9 Å². The van der Waals surface area contributed by atoms with Crippen molar-refractivity contribution in [1.29, 1.82) is 0 Å². The van der Waals surface area contributed by atoms with Crippen molar-refractivity contribution in [2.75, 3.05) is 45.9 Å². The smallest absolute Gasteiger partial charge is 0.191 e. The zero-order valence-electron chi connectivity index (χ0n) is 14.1. The van der Waals surface area contributed by atoms with Crippen LogP contribution in [0.5, 0.6) is 0 Å². The van der Waals surface area contributed by atoms with E-state index in [4.69, 9.17) is 9.73 Å². The molecule has 22 heavy (non-hydrogen) atoms. The maximum atomic E-state index is 5.64. The van der Waals surface area contributed by atoms with Crippen molar-refractivity contribution in [2.24, 2.45) is 10.9 Å². The van der Waals surface area contributed by atoms with Crippen molar-refractivity contribution in [3.05, 3.63) is 0 Å². The van der Waals surface area contributed by atoms with Crippen molar-refractivity contribution in [1.82, 2.24) is 15.5 Å². The molecule has 0 radical (unpaired) electrons. The van der Waals surface area contributed by atoms with E-state index in [-0.39, 0.29) is 24.0 Å². The molecule has 0 aromatic rings. The average Bonchev–Trinajstić information content (AvgIpc) is 3.15. The summed E-state index contributed by atoms with van der Waals surface area (Å²) in [5.74, 6) is 1.54. The van der Waals surface area contributed by atoms with E-state index in [1.54, 1.807) is 0 Å². The zero-order chi connectivity index (χ0) is 14.9. The number of aliphatic imine (C=N–C) groups is 1. The number of likely N-dealkylation sites (tertiary alicyclic amines) is 1. The minimum atomic E-state index is 0. The van der Waals surface area contributed by atoms with Gasteiger partial charge in [0.25, 0.3) is 0 Å². The maximum absolute atomic E-state index is 5.64. The normalized spacial score (nSPS) is 24.1. The Bertz CT molecular complexity index is 315. The monoisotopic (exact) mass is 424 g/mol. The molecule has 2 unspecified atom stereocenters. The summed E-state index contributed by atoms with van der Waals surface area (Å²) in [7, 11) is 0. The van der Waals surface area contributed by atoms with E-state index in [0.717, 1.165) is 38.6 Å². The Morgan fingerprint density at radius 3 is 2.68 bits per heavy atom. The number of guanidine groups is 1. The van der Waals surface area contributed by atoms with Crippen molar-refractivity contribution < 1.29 is 4.74 Å². The molecule has 2 heterocycles. The fraction of sp³-hybridized carbons (Fsp3) is 0.938. The van der Waals surface area contributed by atoms with Crippen molar-refractivity contribution in [3.63, 3.8) is 0 Å². The maximum Gasteiger partial charge on any atom is 0.191 e. The lowest BCUT2D eigenvalue weighted by atomic mass is 10.2. The molecule has 2 N–H and O–H groups in total. The van der Waals surface area contributed by atoms with Gasteiger partial charge < -0.3 is 20.3 Å². The third kappa shape index (κ3) is 7.46. The van der Waals surface area contributed by atoms with Crippen LogP contribution in [0.1, 0.15) is 39.5 Å². The van der Waals surface area contributed by atoms with Crippen molar-refractivity contribution in [3.8, 4) is 0 Å². The lowest BCUT2D eigenvalue weighted by Crippen LogP contribution is -2.41. The van der Waals surface area contributed by atoms with Crippen LogP contribution in [0.3, 0.4) is 0 Å². The number of nitrogens with one attached hydrogen (secondary N) is 2. The van der Waals surface area contributed by atoms with E-state index in [1.807, 2.05) is 0 Å². The fourth-order valence-electron chi connectivity index (χ4n) is 3.07. The third-order valence-electron chi connectivity index (χ3n) is 4.20. The van der Waals surface area contributed by atoms with Gasteiger partial charge in [0.05, 0.1) is 6.10 Å². The molecule has 0 amide bonds. The van der Waals surface area contributed by atoms with Gasteiger partial charge in [0, 0.05) is 32.8 Å². The standard InChI is InChI=1S/C16H32N4O.HI/c1-3-17-16(19-12-15-7-6-10-21-15)18-11-14(2)13-20-8-4-5-9-20;/h14-15H,3-13H2,1-2H3,(H2,17,18,19);1H. The first-order valence-corrected chi connectivity index (χ1v) is 8.64. The Labute approximate surface area is 152 Å². The summed E-state index contributed by atoms with van der Waals surface area (Å²) in [6.07, 6.45) is 5.43. The lowest BCUT2D eigenvalue weighted by Gasteiger charge is -2.20. The Kier molecular flexibility index (Phi) is 10.4. The minimum absolute atomic E-state index is 0. The minimum Gasteiger partial charge on any atom is -0.376 e. The van der Waals surface area contributed by atoms with Crippen LogP contribution in [0.2, 0.25) is 0 Å². The highest BCUT2D eigenvalue weighted by atomic mass is 127. The second-order valence-electron chi connectivity index (χ2n) is 6.35. The lowest BCUT2D eigenvalue weighted by molar-refractivity contribution is 0.114. The predicted molar refractivity (Wildman–Crippen MR) is 103 cm³/mol. The molecule has 0 aromatic heterocycles. The predicted octanol–water partition coefficient (Wildman–Crippen LogP) is 2.07. The van der Waals surface area contributed by atoms with Gasteiger partial charge in [-0.3, -0.25) is 4.99 Å². The van der Waals surface area contributed by atoms with Crippen molar-refractivity contribution >= 4 is 29.9 Å². The van der Waals surface area contributed by atoms with E-state index in [9.17, 15) is 0 Å². The van der Waals surface area contributed by atoms with Crippen LogP contribution in [-0.4, -0.2) is 62.8 Å². The molecule has 0 spiro atoms. The van der Waals surface area contributed by atoms with Crippen LogP contribution in [0, 0.1) is 5.92 Å². The fourth-order valence-corrected chi connectivity index (χ4v) is 3.07. The zero-order valence-corrected chi connectivity index (χ0v) is 16.5. The van der Waals surface area contributed by atoms with Crippen LogP contribution in [-0.2, 0) is 4.74 Å². The first kappa shape index (κ1) is 20.0. The largest absolute Gasteiger partial charge is 0.376 e. The molecule has 0 bridgehead atoms. The van der Waals surface area contributed by atoms with Gasteiger partial charge in [-0.1, -0.05) is 6.92 Å². The number of hydrogen-bond donors (Lipinski definition) is 2. The van der Waals surface area contributed by atoms with Gasteiger partial charge in [0.1, 0.15) is 0 Å². The number of nitrogens with zero attached hydrogens (tertiary/aromatic N) is 2. The summed E-state index contributed by atoms with van der Waals surface area (Å²) in [4.78, 5) is 7.29. The van der Waals surface area contributed by atoms with Crippen LogP contribution >= 0.6 is 24.0 Å². The molecule has 6 heteroatoms. The molecule has 2 fully saturated rings. The van der Waals surface area contributed by atoms with Crippen LogP contribution in [0.4, 0.5) is 0 Å². The van der Waals surface area contributed by atoms with Crippen LogP contribution in [0.25, 0.3) is 0 Å². The Morgan fingerprint density at radius 1 is 1.27 bits per heavy atom. The Hall–Kier alpha value is -0.0800. The second-order valence-corrected chi connectivity index (χ2v) is 6.35. The Balaban J connectivity index is 0.00000242. The molecule has 2 aliphatic heterocycles. The van der Waals surface area contributed by atoms with E-state index in [1.165, 1.54) is 38.9 Å². The molecule has 130 valence electrons. The number of hydrogen-bond acceptors (Lipinski definition) is 3. The van der Waals surface area contributed by atoms with E-state index in [2.05, 4.69) is 29.4 Å². The van der Waals surface area contributed by atoms with Gasteiger partial charge in [-0.25, -0.2) is 0 Å². The number of halogens is 1. The highest BCUT2D eigenvalue weighted by Crippen LogP contribution is 2.11. The molecule has 0 aromatic carbocycles. The van der Waals surface area contributed by atoms with Gasteiger partial charge in [-0.2, -0.15) is 0 Å². The Morgan fingerprint density at radius 2 is 2.05 bits per heavy atom. The second kappa shape index (κ2) is 11.5. The summed E-state index contributed by atoms with van der Waals surface area (Å²) in [5.41, 5.74) is 0. The van der Waals surface area contributed by atoms with Gasteiger partial charge in [-0.15, -0.1) is 24.0 Å². The summed E-state index contributed by atoms with van der Waals surface area (Å²) in [6.45, 7) is 11.7. The highest BCUT2D eigenvalue weighted by Gasteiger charge is 2.16. The van der Waals surface area contributed by atoms with Gasteiger partial charge in [0.2, 0.25) is 0 Å². The van der Waals surface area contributed by atoms with Gasteiger partial charge >= 0.3 is 0 Å². The molecule has 2 aliphatic rings. The molecule has 0 aliphatic carbocycles. The third-order valence-corrected chi connectivity index (χ3v) is 4.20. The number of ether oxygens (including phenoxy) is 1. The molecule has 2 atom stereocenters. The molecular formula is C16H33IN4O. The summed E-state index contributed by atoms with van der Waals surface area (Å²) < 4.78 is 5.64. The molecule has 0 saturated carbocycles.